The standard InChI is InChI=1S/C22H17N3O4/c1-14-16(11-12-28-14)20(26)24-25-21(27)17-9-5-6-10-18(17)22-23-13-19(29-22)15-7-3-2-4-8-15/h2-13H,1H3,(H,24,26)(H,25,27). The molecule has 4 rings (SSSR count). The van der Waals surface area contributed by atoms with Crippen LogP contribution in [0.25, 0.3) is 22.8 Å². The van der Waals surface area contributed by atoms with Gasteiger partial charge in [-0.15, -0.1) is 0 Å². The maximum Gasteiger partial charge on any atom is 0.273 e. The number of aromatic nitrogens is 1. The fraction of sp³-hybridized carbons (Fsp3) is 0.0455. The molecule has 0 aliphatic carbocycles. The number of hydrogen-bond acceptors (Lipinski definition) is 5. The van der Waals surface area contributed by atoms with Crippen molar-refractivity contribution in [1.29, 1.82) is 0 Å². The van der Waals surface area contributed by atoms with E-state index in [1.807, 2.05) is 30.3 Å². The third kappa shape index (κ3) is 3.79. The highest BCUT2D eigenvalue weighted by Gasteiger charge is 2.18. The van der Waals surface area contributed by atoms with Crippen LogP contribution in [0.1, 0.15) is 26.5 Å². The number of furan rings is 1. The molecule has 0 radical (unpaired) electrons. The van der Waals surface area contributed by atoms with Crippen molar-refractivity contribution in [3.8, 4) is 22.8 Å². The third-order valence-electron chi connectivity index (χ3n) is 4.36. The molecule has 0 saturated heterocycles. The van der Waals surface area contributed by atoms with E-state index in [0.717, 1.165) is 5.56 Å². The predicted octanol–water partition coefficient (Wildman–Crippen LogP) is 3.98. The molecule has 0 bridgehead atoms. The largest absolute Gasteiger partial charge is 0.469 e. The summed E-state index contributed by atoms with van der Waals surface area (Å²) in [7, 11) is 0. The molecule has 0 atom stereocenters. The van der Waals surface area contributed by atoms with Crippen molar-refractivity contribution < 1.29 is 18.4 Å². The van der Waals surface area contributed by atoms with Crippen molar-refractivity contribution in [3.63, 3.8) is 0 Å². The zero-order valence-electron chi connectivity index (χ0n) is 15.5. The number of nitrogens with zero attached hydrogens (tertiary/aromatic N) is 1. The van der Waals surface area contributed by atoms with E-state index in [0.29, 0.717) is 34.1 Å². The maximum absolute atomic E-state index is 12.7. The van der Waals surface area contributed by atoms with E-state index in [-0.39, 0.29) is 0 Å². The van der Waals surface area contributed by atoms with Gasteiger partial charge in [-0.25, -0.2) is 4.98 Å². The second-order valence-corrected chi connectivity index (χ2v) is 6.24. The number of oxazole rings is 1. The van der Waals surface area contributed by atoms with Crippen LogP contribution in [0.15, 0.2) is 82.0 Å². The van der Waals surface area contributed by atoms with Crippen molar-refractivity contribution in [3.05, 3.63) is 90.0 Å². The number of nitrogens with one attached hydrogen (secondary N) is 2. The molecule has 29 heavy (non-hydrogen) atoms. The zero-order valence-corrected chi connectivity index (χ0v) is 15.5. The fourth-order valence-corrected chi connectivity index (χ4v) is 2.87. The van der Waals surface area contributed by atoms with Crippen LogP contribution in [0.4, 0.5) is 0 Å². The number of benzene rings is 2. The van der Waals surface area contributed by atoms with Crippen LogP contribution >= 0.6 is 0 Å². The molecular weight excluding hydrogens is 370 g/mol. The molecule has 0 aliphatic heterocycles. The Morgan fingerprint density at radius 2 is 1.55 bits per heavy atom. The number of carbonyl (C=O) groups excluding carboxylic acids is 2. The molecule has 2 N–H and O–H groups in total. The SMILES string of the molecule is Cc1occc1C(=O)NNC(=O)c1ccccc1-c1ncc(-c2ccccc2)o1. The molecule has 0 unspecified atom stereocenters. The molecule has 2 heterocycles. The van der Waals surface area contributed by atoms with Gasteiger partial charge in [0.2, 0.25) is 5.89 Å². The van der Waals surface area contributed by atoms with Gasteiger partial charge in [0.15, 0.2) is 5.76 Å². The second kappa shape index (κ2) is 7.85. The molecule has 7 heteroatoms. The lowest BCUT2D eigenvalue weighted by Crippen LogP contribution is -2.41. The van der Waals surface area contributed by atoms with Crippen LogP contribution in [-0.2, 0) is 0 Å². The van der Waals surface area contributed by atoms with E-state index in [1.165, 1.54) is 12.3 Å². The average molecular weight is 387 g/mol. The van der Waals surface area contributed by atoms with Crippen LogP contribution in [0.2, 0.25) is 0 Å². The van der Waals surface area contributed by atoms with Crippen molar-refractivity contribution in [2.24, 2.45) is 0 Å². The van der Waals surface area contributed by atoms with Gasteiger partial charge in [0, 0.05) is 11.1 Å². The molecular formula is C22H17N3O4. The number of aryl methyl sites for hydroxylation is 1. The van der Waals surface area contributed by atoms with Gasteiger partial charge < -0.3 is 8.83 Å². The number of rotatable bonds is 4. The highest BCUT2D eigenvalue weighted by molar-refractivity contribution is 6.02. The normalized spacial score (nSPS) is 10.5. The first-order valence-corrected chi connectivity index (χ1v) is 8.89. The maximum atomic E-state index is 12.7. The Morgan fingerprint density at radius 1 is 0.862 bits per heavy atom. The van der Waals surface area contributed by atoms with E-state index in [1.54, 1.807) is 37.4 Å². The van der Waals surface area contributed by atoms with Gasteiger partial charge in [-0.1, -0.05) is 42.5 Å². The first-order valence-electron chi connectivity index (χ1n) is 8.89. The Morgan fingerprint density at radius 3 is 2.28 bits per heavy atom. The van der Waals surface area contributed by atoms with Crippen LogP contribution in [0, 0.1) is 6.92 Å². The molecule has 7 nitrogen and oxygen atoms in total. The molecule has 0 saturated carbocycles. The summed E-state index contributed by atoms with van der Waals surface area (Å²) in [4.78, 5) is 29.1. The zero-order chi connectivity index (χ0) is 20.2. The molecule has 2 aromatic heterocycles. The number of hydrazine groups is 1. The summed E-state index contributed by atoms with van der Waals surface area (Å²) in [5.41, 5.74) is 6.86. The molecule has 0 spiro atoms. The molecule has 4 aromatic rings. The van der Waals surface area contributed by atoms with Gasteiger partial charge in [0.25, 0.3) is 11.8 Å². The van der Waals surface area contributed by atoms with E-state index < -0.39 is 11.8 Å². The lowest BCUT2D eigenvalue weighted by Gasteiger charge is -2.09. The van der Waals surface area contributed by atoms with E-state index in [9.17, 15) is 9.59 Å². The summed E-state index contributed by atoms with van der Waals surface area (Å²) in [6.45, 7) is 1.67. The highest BCUT2D eigenvalue weighted by atomic mass is 16.4. The van der Waals surface area contributed by atoms with Gasteiger partial charge >= 0.3 is 0 Å². The van der Waals surface area contributed by atoms with Crippen LogP contribution in [0.3, 0.4) is 0 Å². The third-order valence-corrected chi connectivity index (χ3v) is 4.36. The molecule has 2 aromatic carbocycles. The first kappa shape index (κ1) is 18.2. The summed E-state index contributed by atoms with van der Waals surface area (Å²) >= 11 is 0. The van der Waals surface area contributed by atoms with Crippen molar-refractivity contribution >= 4 is 11.8 Å². The van der Waals surface area contributed by atoms with Gasteiger partial charge in [-0.05, 0) is 25.1 Å². The first-order chi connectivity index (χ1) is 14.1. The van der Waals surface area contributed by atoms with Gasteiger partial charge in [-0.3, -0.25) is 20.4 Å². The van der Waals surface area contributed by atoms with Gasteiger partial charge in [-0.2, -0.15) is 0 Å². The predicted molar refractivity (Wildman–Crippen MR) is 106 cm³/mol. The monoisotopic (exact) mass is 387 g/mol. The molecule has 0 aliphatic rings. The average Bonchev–Trinajstić information content (AvgIpc) is 3.42. The van der Waals surface area contributed by atoms with Crippen LogP contribution in [0.5, 0.6) is 0 Å². The molecule has 0 fully saturated rings. The molecule has 2 amide bonds. The van der Waals surface area contributed by atoms with Crippen molar-refractivity contribution in [1.82, 2.24) is 15.8 Å². The topological polar surface area (TPSA) is 97.4 Å². The summed E-state index contributed by atoms with van der Waals surface area (Å²) in [5, 5.41) is 0. The Bertz CT molecular complexity index is 1160. The minimum atomic E-state index is -0.491. The summed E-state index contributed by atoms with van der Waals surface area (Å²) in [5.74, 6) is 0.413. The lowest BCUT2D eigenvalue weighted by molar-refractivity contribution is 0.0846. The highest BCUT2D eigenvalue weighted by Crippen LogP contribution is 2.28. The Kier molecular flexibility index (Phi) is 4.94. The number of carbonyl (C=O) groups is 2. The summed E-state index contributed by atoms with van der Waals surface area (Å²) in [6.07, 6.45) is 3.02. The van der Waals surface area contributed by atoms with Crippen LogP contribution in [-0.4, -0.2) is 16.8 Å². The fourth-order valence-electron chi connectivity index (χ4n) is 2.87. The Balaban J connectivity index is 1.54. The smallest absolute Gasteiger partial charge is 0.273 e. The molecule has 144 valence electrons. The number of hydrogen-bond donors (Lipinski definition) is 2. The van der Waals surface area contributed by atoms with E-state index in [4.69, 9.17) is 8.83 Å². The quantitative estimate of drug-likeness (QED) is 0.516. The lowest BCUT2D eigenvalue weighted by atomic mass is 10.1. The summed E-state index contributed by atoms with van der Waals surface area (Å²) < 4.78 is 11.0. The van der Waals surface area contributed by atoms with Crippen LogP contribution < -0.4 is 10.9 Å². The summed E-state index contributed by atoms with van der Waals surface area (Å²) in [6, 6.07) is 18.0. The van der Waals surface area contributed by atoms with Gasteiger partial charge in [0.05, 0.1) is 23.6 Å². The van der Waals surface area contributed by atoms with Gasteiger partial charge in [0.1, 0.15) is 5.76 Å². The Labute approximate surface area is 166 Å². The second-order valence-electron chi connectivity index (χ2n) is 6.24. The minimum absolute atomic E-state index is 0.312. The Hall–Kier alpha value is -4.13. The van der Waals surface area contributed by atoms with Crippen molar-refractivity contribution in [2.75, 3.05) is 0 Å². The minimum Gasteiger partial charge on any atom is -0.469 e. The van der Waals surface area contributed by atoms with Crippen molar-refractivity contribution in [2.45, 2.75) is 6.92 Å². The van der Waals surface area contributed by atoms with E-state index in [2.05, 4.69) is 15.8 Å². The van der Waals surface area contributed by atoms with E-state index >= 15 is 0 Å². The number of amides is 2.